The number of aryl methyl sites for hydroxylation is 1. The second kappa shape index (κ2) is 5.84. The zero-order valence-corrected chi connectivity index (χ0v) is 12.0. The van der Waals surface area contributed by atoms with Crippen molar-refractivity contribution in [3.05, 3.63) is 32.6 Å². The third-order valence-corrected chi connectivity index (χ3v) is 3.60. The summed E-state index contributed by atoms with van der Waals surface area (Å²) in [4.78, 5) is 34.0. The monoisotopic (exact) mass is 321 g/mol. The lowest BCUT2D eigenvalue weighted by Crippen LogP contribution is -2.33. The Morgan fingerprint density at radius 2 is 2.29 bits per heavy atom. The van der Waals surface area contributed by atoms with Gasteiger partial charge >= 0.3 is 13.4 Å². The summed E-state index contributed by atoms with van der Waals surface area (Å²) in [7, 11) is -4.17. The molecule has 0 bridgehead atoms. The molecule has 2 rings (SSSR count). The van der Waals surface area contributed by atoms with E-state index in [9.17, 15) is 19.3 Å². The van der Waals surface area contributed by atoms with Crippen molar-refractivity contribution < 1.29 is 23.8 Å². The van der Waals surface area contributed by atoms with Crippen LogP contribution in [0.25, 0.3) is 0 Å². The van der Waals surface area contributed by atoms with Crippen molar-refractivity contribution in [1.29, 1.82) is 0 Å². The molecule has 0 amide bonds. The van der Waals surface area contributed by atoms with Crippen LogP contribution in [0.2, 0.25) is 0 Å². The fraction of sp³-hybridized carbons (Fsp3) is 0.600. The zero-order valence-electron chi connectivity index (χ0n) is 11.1. The van der Waals surface area contributed by atoms with Gasteiger partial charge in [0.1, 0.15) is 12.3 Å². The second-order valence-electron chi connectivity index (χ2n) is 4.77. The van der Waals surface area contributed by atoms with E-state index in [4.69, 9.17) is 15.1 Å². The van der Waals surface area contributed by atoms with Gasteiger partial charge in [0.05, 0.1) is 12.7 Å². The molecule has 21 heavy (non-hydrogen) atoms. The maximum absolute atomic E-state index is 11.7. The summed E-state index contributed by atoms with van der Waals surface area (Å²) in [6.07, 6.45) is -1.33. The maximum Gasteiger partial charge on any atom is 0.400 e. The van der Waals surface area contributed by atoms with Crippen molar-refractivity contribution in [3.8, 4) is 0 Å². The van der Waals surface area contributed by atoms with E-state index in [1.165, 1.54) is 13.1 Å². The van der Waals surface area contributed by atoms with Crippen molar-refractivity contribution in [2.24, 2.45) is 5.50 Å². The van der Waals surface area contributed by atoms with E-state index < -0.39 is 37.4 Å². The lowest BCUT2D eigenvalue weighted by molar-refractivity contribution is -0.0424. The van der Waals surface area contributed by atoms with Crippen LogP contribution in [0.5, 0.6) is 0 Å². The number of hydrogen-bond acceptors (Lipinski definition) is 6. The third kappa shape index (κ3) is 3.88. The van der Waals surface area contributed by atoms with Gasteiger partial charge in [0.15, 0.2) is 0 Å². The van der Waals surface area contributed by atoms with E-state index in [-0.39, 0.29) is 13.0 Å². The third-order valence-electron chi connectivity index (χ3n) is 3.08. The fourth-order valence-corrected chi connectivity index (χ4v) is 2.38. The summed E-state index contributed by atoms with van der Waals surface area (Å²) in [6, 6.07) is 0. The number of aliphatic hydroxyl groups excluding tert-OH is 1. The standard InChI is InChI=1S/C10H16N3O7P/c1-5-3-13(10(16)12-9(5)15)8-2-6(14)7(20-8)4-19-21(11,17)18/h3,6-8,14H,2,4H2,1H3,(H3,11,17,18)(H,12,15,16)/t6-,7+,8+/m0/s1. The minimum atomic E-state index is -4.17. The molecule has 0 saturated carbocycles. The molecule has 0 radical (unpaired) electrons. The van der Waals surface area contributed by atoms with Crippen LogP contribution in [0, 0.1) is 6.92 Å². The van der Waals surface area contributed by atoms with Gasteiger partial charge in [-0.1, -0.05) is 0 Å². The number of nitrogens with zero attached hydrogens (tertiary/aromatic N) is 1. The molecular weight excluding hydrogens is 305 g/mol. The quantitative estimate of drug-likeness (QED) is 0.491. The van der Waals surface area contributed by atoms with Gasteiger partial charge in [0.2, 0.25) is 0 Å². The van der Waals surface area contributed by atoms with Crippen LogP contribution in [0.4, 0.5) is 0 Å². The van der Waals surface area contributed by atoms with Crippen molar-refractivity contribution in [1.82, 2.24) is 9.55 Å². The molecule has 1 unspecified atom stereocenters. The Kier molecular flexibility index (Phi) is 4.47. The predicted octanol–water partition coefficient (Wildman–Crippen LogP) is -1.43. The largest absolute Gasteiger partial charge is 0.400 e. The van der Waals surface area contributed by atoms with Gasteiger partial charge in [-0.25, -0.2) is 14.9 Å². The molecule has 0 aliphatic carbocycles. The summed E-state index contributed by atoms with van der Waals surface area (Å²) in [6.45, 7) is 1.14. The van der Waals surface area contributed by atoms with Crippen LogP contribution in [0.15, 0.2) is 15.8 Å². The molecule has 1 aliphatic rings. The Morgan fingerprint density at radius 1 is 1.62 bits per heavy atom. The molecule has 4 atom stereocenters. The minimum absolute atomic E-state index is 0.0692. The van der Waals surface area contributed by atoms with Gasteiger partial charge in [-0.3, -0.25) is 18.9 Å². The van der Waals surface area contributed by atoms with E-state index >= 15 is 0 Å². The highest BCUT2D eigenvalue weighted by Crippen LogP contribution is 2.34. The number of hydrogen-bond donors (Lipinski definition) is 4. The van der Waals surface area contributed by atoms with Crippen molar-refractivity contribution in [2.45, 2.75) is 31.8 Å². The zero-order chi connectivity index (χ0) is 15.8. The van der Waals surface area contributed by atoms with Crippen LogP contribution in [-0.2, 0) is 13.8 Å². The van der Waals surface area contributed by atoms with Gasteiger partial charge in [-0.15, -0.1) is 0 Å². The molecule has 1 saturated heterocycles. The lowest BCUT2D eigenvalue weighted by Gasteiger charge is -2.16. The molecule has 1 aromatic rings. The predicted molar refractivity (Wildman–Crippen MR) is 70.6 cm³/mol. The Balaban J connectivity index is 2.14. The first-order valence-electron chi connectivity index (χ1n) is 6.09. The van der Waals surface area contributed by atoms with Gasteiger partial charge in [0.25, 0.3) is 5.56 Å². The van der Waals surface area contributed by atoms with E-state index in [0.717, 1.165) is 4.57 Å². The molecule has 1 fully saturated rings. The molecule has 10 nitrogen and oxygen atoms in total. The van der Waals surface area contributed by atoms with Crippen LogP contribution in [0.3, 0.4) is 0 Å². The smallest absolute Gasteiger partial charge is 0.390 e. The average molecular weight is 321 g/mol. The van der Waals surface area contributed by atoms with Gasteiger partial charge < -0.3 is 14.7 Å². The SMILES string of the molecule is Cc1cn([C@H]2C[C@H](O)[C@@H](COP(N)(=O)O)O2)c(=O)[nH]c1=O. The number of rotatable bonds is 4. The first kappa shape index (κ1) is 16.1. The number of ether oxygens (including phenoxy) is 1. The lowest BCUT2D eigenvalue weighted by atomic mass is 10.2. The van der Waals surface area contributed by atoms with E-state index in [1.807, 2.05) is 0 Å². The van der Waals surface area contributed by atoms with Crippen LogP contribution >= 0.6 is 7.75 Å². The van der Waals surface area contributed by atoms with E-state index in [1.54, 1.807) is 0 Å². The van der Waals surface area contributed by atoms with Crippen molar-refractivity contribution in [2.75, 3.05) is 6.61 Å². The molecule has 2 heterocycles. The normalized spacial score (nSPS) is 28.5. The summed E-state index contributed by atoms with van der Waals surface area (Å²) >= 11 is 0. The van der Waals surface area contributed by atoms with E-state index in [0.29, 0.717) is 5.56 Å². The molecule has 1 aromatic heterocycles. The van der Waals surface area contributed by atoms with Crippen LogP contribution < -0.4 is 16.8 Å². The Bertz CT molecular complexity index is 678. The molecule has 11 heteroatoms. The average Bonchev–Trinajstić information content (AvgIpc) is 2.72. The van der Waals surface area contributed by atoms with Crippen molar-refractivity contribution >= 4 is 7.75 Å². The fourth-order valence-electron chi connectivity index (χ4n) is 2.02. The summed E-state index contributed by atoms with van der Waals surface area (Å²) in [5.74, 6) is 0. The first-order chi connectivity index (χ1) is 9.67. The number of aromatic nitrogens is 2. The molecule has 0 spiro atoms. The summed E-state index contributed by atoms with van der Waals surface area (Å²) in [5.41, 5.74) is 3.97. The Labute approximate surface area is 118 Å². The van der Waals surface area contributed by atoms with Gasteiger partial charge in [-0.2, -0.15) is 0 Å². The number of aromatic amines is 1. The molecule has 5 N–H and O–H groups in total. The Morgan fingerprint density at radius 3 is 2.90 bits per heavy atom. The number of H-pyrrole nitrogens is 1. The molecule has 1 aliphatic heterocycles. The number of aliphatic hydroxyl groups is 1. The minimum Gasteiger partial charge on any atom is -0.390 e. The van der Waals surface area contributed by atoms with Crippen molar-refractivity contribution in [3.63, 3.8) is 0 Å². The van der Waals surface area contributed by atoms with Gasteiger partial charge in [-0.05, 0) is 6.92 Å². The highest BCUT2D eigenvalue weighted by molar-refractivity contribution is 7.50. The topological polar surface area (TPSA) is 157 Å². The molecule has 0 aromatic carbocycles. The maximum atomic E-state index is 11.7. The highest BCUT2D eigenvalue weighted by atomic mass is 31.2. The van der Waals surface area contributed by atoms with E-state index in [2.05, 4.69) is 9.51 Å². The number of nitrogens with one attached hydrogen (secondary N) is 1. The number of nitrogens with two attached hydrogens (primary N) is 1. The molecular formula is C10H16N3O7P. The van der Waals surface area contributed by atoms with Crippen LogP contribution in [0.1, 0.15) is 18.2 Å². The highest BCUT2D eigenvalue weighted by Gasteiger charge is 2.36. The summed E-state index contributed by atoms with van der Waals surface area (Å²) in [5, 5.41) is 9.83. The second-order valence-corrected chi connectivity index (χ2v) is 6.16. The summed E-state index contributed by atoms with van der Waals surface area (Å²) < 4.78 is 21.9. The molecule has 118 valence electrons. The van der Waals surface area contributed by atoms with Crippen LogP contribution in [-0.4, -0.2) is 38.4 Å². The van der Waals surface area contributed by atoms with Gasteiger partial charge in [0, 0.05) is 18.2 Å². The Hall–Kier alpha value is -1.29. The first-order valence-corrected chi connectivity index (χ1v) is 7.73.